The molecule has 2 N–H and O–H groups in total. The van der Waals surface area contributed by atoms with Crippen LogP contribution in [0.3, 0.4) is 0 Å². The lowest BCUT2D eigenvalue weighted by molar-refractivity contribution is -0.138. The molecule has 0 unspecified atom stereocenters. The Hall–Kier alpha value is -2.78. The summed E-state index contributed by atoms with van der Waals surface area (Å²) < 4.78 is 8.02. The first kappa shape index (κ1) is 19.9. The highest BCUT2D eigenvalue weighted by Crippen LogP contribution is 2.43. The van der Waals surface area contributed by atoms with Crippen LogP contribution in [-0.2, 0) is 11.2 Å². The molecule has 2 aliphatic heterocycles. The molecule has 1 saturated carbocycles. The summed E-state index contributed by atoms with van der Waals surface area (Å²) >= 11 is 1.67. The van der Waals surface area contributed by atoms with E-state index >= 15 is 0 Å². The second kappa shape index (κ2) is 7.11. The molecule has 1 amide bonds. The topological polar surface area (TPSA) is 99.2 Å². The molecule has 1 aliphatic carbocycles. The lowest BCUT2D eigenvalue weighted by atomic mass is 9.89. The second-order valence-corrected chi connectivity index (χ2v) is 10.4. The van der Waals surface area contributed by atoms with Crippen molar-refractivity contribution in [1.29, 1.82) is 0 Å². The molecule has 3 aromatic rings. The number of carbonyl (C=O) groups excluding carboxylic acids is 1. The number of fused-ring (bicyclic) bond motifs is 3. The maximum atomic E-state index is 12.4. The fourth-order valence-corrected chi connectivity index (χ4v) is 5.53. The number of amides is 1. The SMILES string of the molecule is CC(C)n1ncnc1-c1nc2c(s1)CCOc1cc(C3CN(C(=O)C4(N)CC4)C3)ccc1-2. The fraction of sp³-hybridized carbons (Fsp3) is 0.478. The first-order chi connectivity index (χ1) is 15.4. The molecule has 3 aliphatic rings. The monoisotopic (exact) mass is 450 g/mol. The molecule has 166 valence electrons. The number of nitrogens with two attached hydrogens (primary N) is 1. The third-order valence-corrected chi connectivity index (χ3v) is 7.76. The number of nitrogens with zero attached hydrogens (tertiary/aromatic N) is 5. The molecule has 0 radical (unpaired) electrons. The molecular formula is C23H26N6O2S. The van der Waals surface area contributed by atoms with E-state index in [-0.39, 0.29) is 11.9 Å². The lowest BCUT2D eigenvalue weighted by Crippen LogP contribution is -2.55. The van der Waals surface area contributed by atoms with Crippen molar-refractivity contribution in [1.82, 2.24) is 24.6 Å². The predicted molar refractivity (Wildman–Crippen MR) is 122 cm³/mol. The molecular weight excluding hydrogens is 424 g/mol. The first-order valence-electron chi connectivity index (χ1n) is 11.2. The normalized spacial score (nSPS) is 19.1. The summed E-state index contributed by atoms with van der Waals surface area (Å²) in [5.74, 6) is 2.11. The van der Waals surface area contributed by atoms with Crippen molar-refractivity contribution < 1.29 is 9.53 Å². The van der Waals surface area contributed by atoms with Crippen LogP contribution in [-0.4, -0.2) is 55.8 Å². The van der Waals surface area contributed by atoms with Gasteiger partial charge in [-0.25, -0.2) is 14.6 Å². The predicted octanol–water partition coefficient (Wildman–Crippen LogP) is 3.00. The number of rotatable bonds is 4. The van der Waals surface area contributed by atoms with E-state index in [1.54, 1.807) is 17.7 Å². The van der Waals surface area contributed by atoms with E-state index < -0.39 is 5.54 Å². The zero-order chi connectivity index (χ0) is 22.0. The van der Waals surface area contributed by atoms with Gasteiger partial charge in [0.2, 0.25) is 5.91 Å². The second-order valence-electron chi connectivity index (χ2n) is 9.33. The molecule has 0 atom stereocenters. The van der Waals surface area contributed by atoms with E-state index in [1.807, 2.05) is 9.58 Å². The molecule has 0 spiro atoms. The van der Waals surface area contributed by atoms with E-state index in [2.05, 4.69) is 42.1 Å². The minimum Gasteiger partial charge on any atom is -0.492 e. The van der Waals surface area contributed by atoms with E-state index in [9.17, 15) is 4.79 Å². The van der Waals surface area contributed by atoms with Crippen molar-refractivity contribution in [2.75, 3.05) is 19.7 Å². The maximum Gasteiger partial charge on any atom is 0.242 e. The summed E-state index contributed by atoms with van der Waals surface area (Å²) in [6.07, 6.45) is 4.03. The van der Waals surface area contributed by atoms with E-state index in [1.165, 1.54) is 10.4 Å². The third kappa shape index (κ3) is 3.14. The quantitative estimate of drug-likeness (QED) is 0.656. The van der Waals surface area contributed by atoms with Crippen LogP contribution in [0.25, 0.3) is 22.1 Å². The van der Waals surface area contributed by atoms with Crippen LogP contribution in [0.15, 0.2) is 24.5 Å². The van der Waals surface area contributed by atoms with Crippen molar-refractivity contribution in [2.24, 2.45) is 5.73 Å². The maximum absolute atomic E-state index is 12.4. The van der Waals surface area contributed by atoms with Crippen LogP contribution in [0, 0.1) is 0 Å². The molecule has 0 bridgehead atoms. The zero-order valence-electron chi connectivity index (χ0n) is 18.2. The van der Waals surface area contributed by atoms with Gasteiger partial charge in [0.05, 0.1) is 17.8 Å². The van der Waals surface area contributed by atoms with Crippen LogP contribution in [0.1, 0.15) is 49.1 Å². The Morgan fingerprint density at radius 2 is 2.12 bits per heavy atom. The summed E-state index contributed by atoms with van der Waals surface area (Å²) in [5, 5.41) is 5.25. The van der Waals surface area contributed by atoms with Crippen molar-refractivity contribution in [3.05, 3.63) is 35.0 Å². The highest BCUT2D eigenvalue weighted by Gasteiger charge is 2.50. The Morgan fingerprint density at radius 3 is 2.88 bits per heavy atom. The van der Waals surface area contributed by atoms with Gasteiger partial charge in [0, 0.05) is 41.9 Å². The van der Waals surface area contributed by atoms with Crippen LogP contribution < -0.4 is 10.5 Å². The number of likely N-dealkylation sites (tertiary alicyclic amines) is 1. The number of thiazole rings is 1. The lowest BCUT2D eigenvalue weighted by Gasteiger charge is -2.41. The van der Waals surface area contributed by atoms with E-state index in [0.717, 1.165) is 60.2 Å². The minimum absolute atomic E-state index is 0.105. The Morgan fingerprint density at radius 1 is 1.31 bits per heavy atom. The summed E-state index contributed by atoms with van der Waals surface area (Å²) in [7, 11) is 0. The Labute approximate surface area is 190 Å². The number of hydrogen-bond acceptors (Lipinski definition) is 7. The highest BCUT2D eigenvalue weighted by molar-refractivity contribution is 7.15. The molecule has 2 aromatic heterocycles. The van der Waals surface area contributed by atoms with Gasteiger partial charge < -0.3 is 15.4 Å². The van der Waals surface area contributed by atoms with Gasteiger partial charge in [-0.1, -0.05) is 6.07 Å². The molecule has 1 aromatic carbocycles. The summed E-state index contributed by atoms with van der Waals surface area (Å²) in [6.45, 7) is 6.26. The number of hydrogen-bond donors (Lipinski definition) is 1. The van der Waals surface area contributed by atoms with E-state index in [4.69, 9.17) is 15.5 Å². The smallest absolute Gasteiger partial charge is 0.242 e. The molecule has 8 nitrogen and oxygen atoms in total. The number of aromatic nitrogens is 4. The van der Waals surface area contributed by atoms with Crippen LogP contribution in [0.5, 0.6) is 5.75 Å². The van der Waals surface area contributed by atoms with Gasteiger partial charge in [-0.3, -0.25) is 4.79 Å². The minimum atomic E-state index is -0.583. The van der Waals surface area contributed by atoms with Crippen molar-refractivity contribution in [3.8, 4) is 27.8 Å². The van der Waals surface area contributed by atoms with Crippen LogP contribution in [0.4, 0.5) is 0 Å². The summed E-state index contributed by atoms with van der Waals surface area (Å²) in [4.78, 5) is 24.9. The Bertz CT molecular complexity index is 1210. The van der Waals surface area contributed by atoms with E-state index in [0.29, 0.717) is 12.5 Å². The average Bonchev–Trinajstić information content (AvgIpc) is 3.17. The molecule has 9 heteroatoms. The Kier molecular flexibility index (Phi) is 4.42. The molecule has 4 heterocycles. The number of benzene rings is 1. The fourth-order valence-electron chi connectivity index (χ4n) is 4.49. The van der Waals surface area contributed by atoms with Gasteiger partial charge in [0.15, 0.2) is 10.8 Å². The molecule has 32 heavy (non-hydrogen) atoms. The molecule has 2 fully saturated rings. The standard InChI is InChI=1S/C23H26N6O2S/c1-13(2)29-20(25-12-26-29)21-27-19-16-4-3-14(9-17(16)31-8-5-18(19)32-21)15-10-28(11-15)22(30)23(24)6-7-23/h3-4,9,12-13,15H,5-8,10-11,24H2,1-2H3. The van der Waals surface area contributed by atoms with Gasteiger partial charge in [0.25, 0.3) is 0 Å². The summed E-state index contributed by atoms with van der Waals surface area (Å²) in [6, 6.07) is 6.61. The number of carbonyl (C=O) groups is 1. The van der Waals surface area contributed by atoms with Gasteiger partial charge in [-0.15, -0.1) is 11.3 Å². The first-order valence-corrected chi connectivity index (χ1v) is 12.0. The van der Waals surface area contributed by atoms with Crippen LogP contribution >= 0.6 is 11.3 Å². The summed E-state index contributed by atoms with van der Waals surface area (Å²) in [5.41, 5.74) is 8.69. The highest BCUT2D eigenvalue weighted by atomic mass is 32.1. The zero-order valence-corrected chi connectivity index (χ0v) is 19.1. The van der Waals surface area contributed by atoms with Crippen LogP contribution in [0.2, 0.25) is 0 Å². The largest absolute Gasteiger partial charge is 0.492 e. The molecule has 6 rings (SSSR count). The van der Waals surface area contributed by atoms with Gasteiger partial charge in [-0.2, -0.15) is 5.10 Å². The van der Waals surface area contributed by atoms with Crippen molar-refractivity contribution >= 4 is 17.2 Å². The van der Waals surface area contributed by atoms with Crippen molar-refractivity contribution in [2.45, 2.75) is 50.6 Å². The number of ether oxygens (including phenoxy) is 1. The van der Waals surface area contributed by atoms with Gasteiger partial charge >= 0.3 is 0 Å². The third-order valence-electron chi connectivity index (χ3n) is 6.65. The van der Waals surface area contributed by atoms with Gasteiger partial charge in [-0.05, 0) is 44.4 Å². The van der Waals surface area contributed by atoms with Gasteiger partial charge in [0.1, 0.15) is 12.1 Å². The van der Waals surface area contributed by atoms with Crippen molar-refractivity contribution in [3.63, 3.8) is 0 Å². The molecule has 1 saturated heterocycles. The Balaban J connectivity index is 1.27. The average molecular weight is 451 g/mol.